The zero-order valence-electron chi connectivity index (χ0n) is 19.6. The fourth-order valence-electron chi connectivity index (χ4n) is 5.15. The van der Waals surface area contributed by atoms with Crippen LogP contribution in [0.25, 0.3) is 28.1 Å². The summed E-state index contributed by atoms with van der Waals surface area (Å²) in [5, 5.41) is 28.0. The number of nitrogens with one attached hydrogen (secondary N) is 2. The van der Waals surface area contributed by atoms with Crippen LogP contribution in [-0.4, -0.2) is 39.0 Å². The minimum Gasteiger partial charge on any atom is -0.477 e. The molecule has 1 aliphatic heterocycles. The van der Waals surface area contributed by atoms with Crippen molar-refractivity contribution >= 4 is 34.5 Å². The summed E-state index contributed by atoms with van der Waals surface area (Å²) in [7, 11) is 1.73. The molecule has 2 aromatic carbocycles. The van der Waals surface area contributed by atoms with Gasteiger partial charge in [-0.25, -0.2) is 14.2 Å². The molecule has 1 atom stereocenters. The SMILES string of the molecule is CNc1ncccc1-c1c(C(=O)O)n(CC2=Cc3ccccc3NC2O)c2cc(F)c(C3CC3)cc12. The minimum absolute atomic E-state index is 0.0220. The molecule has 8 heteroatoms. The summed E-state index contributed by atoms with van der Waals surface area (Å²) in [6.07, 6.45) is 4.32. The molecule has 1 unspecified atom stereocenters. The molecule has 2 aromatic heterocycles. The largest absolute Gasteiger partial charge is 0.477 e. The van der Waals surface area contributed by atoms with E-state index in [2.05, 4.69) is 15.6 Å². The Labute approximate surface area is 206 Å². The topological polar surface area (TPSA) is 99.4 Å². The van der Waals surface area contributed by atoms with Crippen LogP contribution in [0.1, 0.15) is 40.4 Å². The van der Waals surface area contributed by atoms with E-state index < -0.39 is 12.2 Å². The Morgan fingerprint density at radius 2 is 2.03 bits per heavy atom. The molecule has 4 N–H and O–H groups in total. The van der Waals surface area contributed by atoms with Crippen LogP contribution in [0.15, 0.2) is 60.3 Å². The average Bonchev–Trinajstić information content (AvgIpc) is 3.67. The highest BCUT2D eigenvalue weighted by Gasteiger charge is 2.32. The number of fused-ring (bicyclic) bond motifs is 2. The maximum absolute atomic E-state index is 15.3. The number of carboxylic acid groups (broad SMARTS) is 1. The van der Waals surface area contributed by atoms with E-state index in [1.165, 1.54) is 6.07 Å². The molecule has 7 nitrogen and oxygen atoms in total. The van der Waals surface area contributed by atoms with E-state index in [0.29, 0.717) is 39.0 Å². The fourth-order valence-corrected chi connectivity index (χ4v) is 5.15. The molecular weight excluding hydrogens is 459 g/mol. The number of nitrogens with zero attached hydrogens (tertiary/aromatic N) is 2. The van der Waals surface area contributed by atoms with Gasteiger partial charge in [0.2, 0.25) is 0 Å². The Hall–Kier alpha value is -4.17. The Morgan fingerprint density at radius 1 is 1.22 bits per heavy atom. The third-order valence-corrected chi connectivity index (χ3v) is 7.00. The van der Waals surface area contributed by atoms with Gasteiger partial charge >= 0.3 is 5.97 Å². The van der Waals surface area contributed by atoms with Crippen LogP contribution in [0.4, 0.5) is 15.9 Å². The first-order chi connectivity index (χ1) is 17.5. The number of hydrogen-bond donors (Lipinski definition) is 4. The highest BCUT2D eigenvalue weighted by molar-refractivity contribution is 6.10. The first-order valence-electron chi connectivity index (χ1n) is 11.9. The fraction of sp³-hybridized carbons (Fsp3) is 0.214. The lowest BCUT2D eigenvalue weighted by Crippen LogP contribution is -2.27. The maximum Gasteiger partial charge on any atom is 0.353 e. The highest BCUT2D eigenvalue weighted by Crippen LogP contribution is 2.46. The van der Waals surface area contributed by atoms with E-state index in [1.807, 2.05) is 36.4 Å². The van der Waals surface area contributed by atoms with Crippen LogP contribution >= 0.6 is 0 Å². The monoisotopic (exact) mass is 484 g/mol. The van der Waals surface area contributed by atoms with Crippen molar-refractivity contribution in [3.8, 4) is 11.1 Å². The summed E-state index contributed by atoms with van der Waals surface area (Å²) in [6, 6.07) is 14.4. The number of pyridine rings is 1. The molecule has 182 valence electrons. The molecule has 0 amide bonds. The van der Waals surface area contributed by atoms with Gasteiger partial charge in [-0.1, -0.05) is 18.2 Å². The number of carboxylic acids is 1. The molecule has 2 aliphatic rings. The van der Waals surface area contributed by atoms with E-state index in [-0.39, 0.29) is 24.0 Å². The second kappa shape index (κ2) is 8.49. The van der Waals surface area contributed by atoms with Crippen molar-refractivity contribution in [3.05, 3.63) is 82.9 Å². The Bertz CT molecular complexity index is 1550. The number of rotatable bonds is 6. The molecule has 6 rings (SSSR count). The number of benzene rings is 2. The number of hydrogen-bond acceptors (Lipinski definition) is 5. The van der Waals surface area contributed by atoms with Crippen LogP contribution in [-0.2, 0) is 6.54 Å². The first-order valence-corrected chi connectivity index (χ1v) is 11.9. The highest BCUT2D eigenvalue weighted by atomic mass is 19.1. The van der Waals surface area contributed by atoms with Gasteiger partial charge in [-0.05, 0) is 71.9 Å². The molecule has 3 heterocycles. The molecule has 1 aliphatic carbocycles. The lowest BCUT2D eigenvalue weighted by Gasteiger charge is -2.25. The van der Waals surface area contributed by atoms with Crippen molar-refractivity contribution in [3.63, 3.8) is 0 Å². The van der Waals surface area contributed by atoms with E-state index in [1.54, 1.807) is 29.9 Å². The standard InChI is InChI=1S/C28H25FN4O3/c1-30-26-18(6-4-10-31-26)24-20-12-19(15-8-9-15)21(29)13-23(20)33(25(24)28(35)36)14-17-11-16-5-2-3-7-22(16)32-27(17)34/h2-7,10-13,15,27,32,34H,8-9,14H2,1H3,(H,30,31)(H,35,36). The van der Waals surface area contributed by atoms with E-state index in [9.17, 15) is 15.0 Å². The Morgan fingerprint density at radius 3 is 2.78 bits per heavy atom. The van der Waals surface area contributed by atoms with Crippen LogP contribution in [0.2, 0.25) is 0 Å². The lowest BCUT2D eigenvalue weighted by molar-refractivity contribution is 0.0686. The van der Waals surface area contributed by atoms with Gasteiger partial charge in [0.05, 0.1) is 5.52 Å². The van der Waals surface area contributed by atoms with Gasteiger partial charge in [0.15, 0.2) is 0 Å². The summed E-state index contributed by atoms with van der Waals surface area (Å²) in [6.45, 7) is 0.0675. The maximum atomic E-state index is 15.3. The zero-order chi connectivity index (χ0) is 25.0. The summed E-state index contributed by atoms with van der Waals surface area (Å²) < 4.78 is 16.9. The average molecular weight is 485 g/mol. The van der Waals surface area contributed by atoms with Crippen molar-refractivity contribution in [2.75, 3.05) is 17.7 Å². The Balaban J connectivity index is 1.62. The van der Waals surface area contributed by atoms with Crippen LogP contribution in [0.5, 0.6) is 0 Å². The van der Waals surface area contributed by atoms with Gasteiger partial charge in [-0.2, -0.15) is 0 Å². The predicted molar refractivity (Wildman–Crippen MR) is 138 cm³/mol. The summed E-state index contributed by atoms with van der Waals surface area (Å²) in [5.74, 6) is -0.794. The summed E-state index contributed by atoms with van der Waals surface area (Å²) in [5.41, 5.74) is 4.45. The normalized spacial score (nSPS) is 16.9. The summed E-state index contributed by atoms with van der Waals surface area (Å²) >= 11 is 0. The second-order valence-corrected chi connectivity index (χ2v) is 9.28. The zero-order valence-corrected chi connectivity index (χ0v) is 19.6. The third-order valence-electron chi connectivity index (χ3n) is 7.00. The molecule has 0 radical (unpaired) electrons. The molecule has 1 fully saturated rings. The van der Waals surface area contributed by atoms with Gasteiger partial charge < -0.3 is 25.4 Å². The van der Waals surface area contributed by atoms with Gasteiger partial charge in [0, 0.05) is 42.0 Å². The predicted octanol–water partition coefficient (Wildman–Crippen LogP) is 5.29. The van der Waals surface area contributed by atoms with Crippen molar-refractivity contribution < 1.29 is 19.4 Å². The molecule has 36 heavy (non-hydrogen) atoms. The number of halogens is 1. The lowest BCUT2D eigenvalue weighted by atomic mass is 9.99. The third kappa shape index (κ3) is 3.61. The van der Waals surface area contributed by atoms with Crippen LogP contribution in [0.3, 0.4) is 0 Å². The number of aliphatic hydroxyl groups is 1. The molecule has 0 saturated heterocycles. The van der Waals surface area contributed by atoms with Gasteiger partial charge in [0.1, 0.15) is 23.6 Å². The quantitative estimate of drug-likeness (QED) is 0.297. The molecule has 1 saturated carbocycles. The van der Waals surface area contributed by atoms with Gasteiger partial charge in [-0.15, -0.1) is 0 Å². The smallest absolute Gasteiger partial charge is 0.353 e. The van der Waals surface area contributed by atoms with Crippen molar-refractivity contribution in [2.24, 2.45) is 0 Å². The number of para-hydroxylation sites is 1. The van der Waals surface area contributed by atoms with Gasteiger partial charge in [0.25, 0.3) is 0 Å². The Kier molecular flexibility index (Phi) is 5.26. The first kappa shape index (κ1) is 22.3. The minimum atomic E-state index is -1.14. The van der Waals surface area contributed by atoms with Crippen molar-refractivity contribution in [1.29, 1.82) is 0 Å². The molecule has 4 aromatic rings. The number of aromatic carboxylic acids is 1. The number of aliphatic hydroxyl groups excluding tert-OH is 1. The van der Waals surface area contributed by atoms with Crippen molar-refractivity contribution in [2.45, 2.75) is 31.5 Å². The summed E-state index contributed by atoms with van der Waals surface area (Å²) in [4.78, 5) is 17.2. The second-order valence-electron chi connectivity index (χ2n) is 9.28. The number of carbonyl (C=O) groups is 1. The van der Waals surface area contributed by atoms with Crippen molar-refractivity contribution in [1.82, 2.24) is 9.55 Å². The number of anilines is 2. The molecule has 0 spiro atoms. The molecular formula is C28H25FN4O3. The molecule has 0 bridgehead atoms. The number of aromatic nitrogens is 2. The van der Waals surface area contributed by atoms with Gasteiger partial charge in [-0.3, -0.25) is 0 Å². The van der Waals surface area contributed by atoms with E-state index in [4.69, 9.17) is 0 Å². The van der Waals surface area contributed by atoms with E-state index >= 15 is 4.39 Å². The van der Waals surface area contributed by atoms with Crippen LogP contribution < -0.4 is 10.6 Å². The van der Waals surface area contributed by atoms with Crippen LogP contribution in [0, 0.1) is 5.82 Å². The van der Waals surface area contributed by atoms with E-state index in [0.717, 1.165) is 24.1 Å².